The zero-order valence-corrected chi connectivity index (χ0v) is 7.59. The predicted molar refractivity (Wildman–Crippen MR) is 44.7 cm³/mol. The molecule has 0 aromatic heterocycles. The molecule has 0 heterocycles. The molecule has 3 N–H and O–H groups in total. The molecule has 0 aliphatic carbocycles. The van der Waals surface area contributed by atoms with Gasteiger partial charge in [0.2, 0.25) is 0 Å². The Morgan fingerprint density at radius 1 is 1.54 bits per heavy atom. The van der Waals surface area contributed by atoms with E-state index in [1.165, 1.54) is 0 Å². The molecule has 0 amide bonds. The summed E-state index contributed by atoms with van der Waals surface area (Å²) in [7, 11) is 0. The van der Waals surface area contributed by atoms with Crippen LogP contribution >= 0.6 is 0 Å². The summed E-state index contributed by atoms with van der Waals surface area (Å²) in [6.45, 7) is 1.93. The Morgan fingerprint density at radius 3 is 2.46 bits per heavy atom. The monoisotopic (exact) mass is 195 g/mol. The Morgan fingerprint density at radius 2 is 2.08 bits per heavy atom. The largest absolute Gasteiger partial charge is 0.477 e. The Bertz CT molecular complexity index is 174. The van der Waals surface area contributed by atoms with Gasteiger partial charge in [-0.1, -0.05) is 26.2 Å². The first-order chi connectivity index (χ1) is 5.92. The van der Waals surface area contributed by atoms with E-state index >= 15 is 0 Å². The smallest absolute Gasteiger partial charge is 0.376 e. The third kappa shape index (κ3) is 3.67. The third-order valence-corrected chi connectivity index (χ3v) is 1.87. The summed E-state index contributed by atoms with van der Waals surface area (Å²) < 4.78 is 25.3. The molecule has 78 valence electrons. The molecule has 0 fully saturated rings. The molecule has 13 heavy (non-hydrogen) atoms. The van der Waals surface area contributed by atoms with Crippen molar-refractivity contribution in [2.75, 3.05) is 0 Å². The van der Waals surface area contributed by atoms with E-state index in [-0.39, 0.29) is 6.42 Å². The van der Waals surface area contributed by atoms with Gasteiger partial charge in [0.15, 0.2) is 0 Å². The number of nitrogens with two attached hydrogens (primary N) is 1. The van der Waals surface area contributed by atoms with Crippen LogP contribution in [0.5, 0.6) is 0 Å². The highest BCUT2D eigenvalue weighted by Gasteiger charge is 2.44. The van der Waals surface area contributed by atoms with Gasteiger partial charge in [-0.25, -0.2) is 4.79 Å². The molecule has 0 saturated carbocycles. The molecule has 0 unspecified atom stereocenters. The first-order valence-electron chi connectivity index (χ1n) is 4.29. The minimum atomic E-state index is -3.80. The molecule has 1 atom stereocenters. The molecule has 0 aromatic carbocycles. The van der Waals surface area contributed by atoms with E-state index < -0.39 is 17.9 Å². The van der Waals surface area contributed by atoms with Crippen molar-refractivity contribution in [2.45, 2.75) is 44.6 Å². The van der Waals surface area contributed by atoms with Gasteiger partial charge in [-0.2, -0.15) is 8.78 Å². The van der Waals surface area contributed by atoms with E-state index in [2.05, 4.69) is 0 Å². The molecule has 0 aromatic rings. The van der Waals surface area contributed by atoms with Crippen molar-refractivity contribution in [3.8, 4) is 0 Å². The van der Waals surface area contributed by atoms with Crippen LogP contribution in [-0.4, -0.2) is 23.0 Å². The number of carboxylic acid groups (broad SMARTS) is 1. The van der Waals surface area contributed by atoms with Crippen LogP contribution in [-0.2, 0) is 4.79 Å². The number of rotatable bonds is 6. The normalized spacial score (nSPS) is 14.2. The lowest BCUT2D eigenvalue weighted by Crippen LogP contribution is -2.46. The molecule has 0 rings (SSSR count). The Kier molecular flexibility index (Phi) is 4.83. The van der Waals surface area contributed by atoms with Crippen LogP contribution < -0.4 is 5.73 Å². The van der Waals surface area contributed by atoms with Crippen molar-refractivity contribution in [3.63, 3.8) is 0 Å². The highest BCUT2D eigenvalue weighted by molar-refractivity contribution is 5.76. The van der Waals surface area contributed by atoms with Gasteiger partial charge in [-0.15, -0.1) is 0 Å². The second-order valence-corrected chi connectivity index (χ2v) is 3.03. The average Bonchev–Trinajstić information content (AvgIpc) is 2.04. The average molecular weight is 195 g/mol. The molecule has 0 radical (unpaired) electrons. The van der Waals surface area contributed by atoms with Crippen LogP contribution in [0.1, 0.15) is 32.6 Å². The van der Waals surface area contributed by atoms with Gasteiger partial charge in [0, 0.05) is 0 Å². The van der Waals surface area contributed by atoms with E-state index in [9.17, 15) is 13.6 Å². The van der Waals surface area contributed by atoms with Crippen molar-refractivity contribution in [2.24, 2.45) is 5.73 Å². The second kappa shape index (κ2) is 5.11. The molecular formula is C8H15F2NO2. The Balaban J connectivity index is 3.94. The highest BCUT2D eigenvalue weighted by Crippen LogP contribution is 2.21. The highest BCUT2D eigenvalue weighted by atomic mass is 19.3. The summed E-state index contributed by atoms with van der Waals surface area (Å²) in [6.07, 6.45) is 2.28. The van der Waals surface area contributed by atoms with Gasteiger partial charge in [0.25, 0.3) is 0 Å². The fraction of sp³-hybridized carbons (Fsp3) is 0.875. The number of unbranched alkanes of at least 4 members (excludes halogenated alkanes) is 2. The van der Waals surface area contributed by atoms with E-state index in [1.54, 1.807) is 0 Å². The maximum atomic E-state index is 12.6. The number of hydrogen-bond acceptors (Lipinski definition) is 2. The SMILES string of the molecule is CCCCC[C@H](N)C(F)(F)C(=O)O. The number of hydrogen-bond donors (Lipinski definition) is 2. The molecule has 0 spiro atoms. The first kappa shape index (κ1) is 12.3. The zero-order valence-electron chi connectivity index (χ0n) is 7.59. The number of halogens is 2. The number of aliphatic carboxylic acids is 1. The standard InChI is InChI=1S/C8H15F2NO2/c1-2-3-4-5-6(11)8(9,10)7(12)13/h6H,2-5,11H2,1H3,(H,12,13)/t6-/m0/s1. The molecule has 5 heteroatoms. The zero-order chi connectivity index (χ0) is 10.5. The summed E-state index contributed by atoms with van der Waals surface area (Å²) in [6, 6.07) is -1.57. The van der Waals surface area contributed by atoms with Gasteiger partial charge in [-0.05, 0) is 6.42 Å². The molecule has 3 nitrogen and oxygen atoms in total. The maximum Gasteiger partial charge on any atom is 0.376 e. The molecule has 0 aliphatic rings. The van der Waals surface area contributed by atoms with Crippen LogP contribution in [0.25, 0.3) is 0 Å². The lowest BCUT2D eigenvalue weighted by Gasteiger charge is -2.18. The predicted octanol–water partition coefficient (Wildman–Crippen LogP) is 1.61. The summed E-state index contributed by atoms with van der Waals surface area (Å²) >= 11 is 0. The quantitative estimate of drug-likeness (QED) is 0.633. The lowest BCUT2D eigenvalue weighted by atomic mass is 10.0. The summed E-state index contributed by atoms with van der Waals surface area (Å²) in [5.41, 5.74) is 5.06. The van der Waals surface area contributed by atoms with Gasteiger partial charge in [-0.3, -0.25) is 0 Å². The summed E-state index contributed by atoms with van der Waals surface area (Å²) in [5, 5.41) is 8.14. The van der Waals surface area contributed by atoms with E-state index in [4.69, 9.17) is 10.8 Å². The van der Waals surface area contributed by atoms with Crippen molar-refractivity contribution in [3.05, 3.63) is 0 Å². The fourth-order valence-electron chi connectivity index (χ4n) is 0.954. The van der Waals surface area contributed by atoms with E-state index in [0.29, 0.717) is 6.42 Å². The third-order valence-electron chi connectivity index (χ3n) is 1.87. The summed E-state index contributed by atoms with van der Waals surface area (Å²) in [5.74, 6) is -5.94. The van der Waals surface area contributed by atoms with Crippen molar-refractivity contribution in [1.29, 1.82) is 0 Å². The second-order valence-electron chi connectivity index (χ2n) is 3.03. The van der Waals surface area contributed by atoms with E-state index in [0.717, 1.165) is 12.8 Å². The van der Waals surface area contributed by atoms with Crippen molar-refractivity contribution < 1.29 is 18.7 Å². The van der Waals surface area contributed by atoms with E-state index in [1.807, 2.05) is 6.92 Å². The Labute approximate surface area is 75.9 Å². The molecule has 0 saturated heterocycles. The van der Waals surface area contributed by atoms with Crippen LogP contribution in [0.2, 0.25) is 0 Å². The van der Waals surface area contributed by atoms with Crippen molar-refractivity contribution in [1.82, 2.24) is 0 Å². The molecule has 0 bridgehead atoms. The van der Waals surface area contributed by atoms with Crippen LogP contribution in [0, 0.1) is 0 Å². The van der Waals surface area contributed by atoms with Crippen LogP contribution in [0.3, 0.4) is 0 Å². The number of carboxylic acids is 1. The van der Waals surface area contributed by atoms with Crippen LogP contribution in [0.15, 0.2) is 0 Å². The first-order valence-corrected chi connectivity index (χ1v) is 4.29. The van der Waals surface area contributed by atoms with Gasteiger partial charge in [0.1, 0.15) is 0 Å². The minimum absolute atomic E-state index is 0.0488. The maximum absolute atomic E-state index is 12.6. The molecular weight excluding hydrogens is 180 g/mol. The lowest BCUT2D eigenvalue weighted by molar-refractivity contribution is -0.168. The Hall–Kier alpha value is -0.710. The number of carbonyl (C=O) groups is 1. The van der Waals surface area contributed by atoms with Gasteiger partial charge >= 0.3 is 11.9 Å². The van der Waals surface area contributed by atoms with Crippen molar-refractivity contribution >= 4 is 5.97 Å². The number of alkyl halides is 2. The minimum Gasteiger partial charge on any atom is -0.477 e. The summed E-state index contributed by atoms with van der Waals surface area (Å²) in [4.78, 5) is 10.1. The van der Waals surface area contributed by atoms with Gasteiger partial charge < -0.3 is 10.8 Å². The van der Waals surface area contributed by atoms with Crippen LogP contribution in [0.4, 0.5) is 8.78 Å². The van der Waals surface area contributed by atoms with Gasteiger partial charge in [0.05, 0.1) is 6.04 Å². The molecule has 0 aliphatic heterocycles. The fourth-order valence-corrected chi connectivity index (χ4v) is 0.954. The topological polar surface area (TPSA) is 63.3 Å².